The molecule has 2 aromatic rings. The molecule has 1 N–H and O–H groups in total. The van der Waals surface area contributed by atoms with E-state index in [9.17, 15) is 5.11 Å². The maximum absolute atomic E-state index is 10.1. The minimum absolute atomic E-state index is 0.344. The van der Waals surface area contributed by atoms with Crippen LogP contribution in [0.4, 0.5) is 11.4 Å². The van der Waals surface area contributed by atoms with E-state index < -0.39 is 0 Å². The van der Waals surface area contributed by atoms with Crippen molar-refractivity contribution in [2.75, 3.05) is 39.8 Å². The number of phenolic OH excluding ortho intramolecular Hbond substituents is 1. The number of phenols is 1. The number of hydrogen-bond donors (Lipinski definition) is 1. The monoisotopic (exact) mass is 338 g/mol. The second-order valence-electron chi connectivity index (χ2n) is 6.60. The zero-order valence-corrected chi connectivity index (χ0v) is 14.8. The van der Waals surface area contributed by atoms with Crippen molar-refractivity contribution in [3.63, 3.8) is 0 Å². The molecule has 0 atom stereocenters. The number of nitrogens with zero attached hydrogens (tertiary/aromatic N) is 4. The number of benzene rings is 2. The van der Waals surface area contributed by atoms with Gasteiger partial charge < -0.3 is 14.9 Å². The van der Waals surface area contributed by atoms with Gasteiger partial charge in [-0.3, -0.25) is 0 Å². The largest absolute Gasteiger partial charge is 0.508 e. The summed E-state index contributed by atoms with van der Waals surface area (Å²) in [5.74, 6) is 0.344. The van der Waals surface area contributed by atoms with Crippen molar-refractivity contribution in [1.29, 1.82) is 0 Å². The van der Waals surface area contributed by atoms with E-state index in [0.717, 1.165) is 62.5 Å². The highest BCUT2D eigenvalue weighted by molar-refractivity contribution is 5.47. The highest BCUT2D eigenvalue weighted by atomic mass is 16.3. The van der Waals surface area contributed by atoms with Gasteiger partial charge in [0.2, 0.25) is 0 Å². The number of rotatable bonds is 6. The van der Waals surface area contributed by atoms with Gasteiger partial charge in [0.05, 0.1) is 11.4 Å². The van der Waals surface area contributed by atoms with Crippen molar-refractivity contribution < 1.29 is 5.11 Å². The van der Waals surface area contributed by atoms with Crippen molar-refractivity contribution in [1.82, 2.24) is 9.80 Å². The van der Waals surface area contributed by atoms with E-state index in [1.54, 1.807) is 12.1 Å². The average molecular weight is 338 g/mol. The summed E-state index contributed by atoms with van der Waals surface area (Å²) >= 11 is 0. The minimum Gasteiger partial charge on any atom is -0.508 e. The summed E-state index contributed by atoms with van der Waals surface area (Å²) in [6.45, 7) is 5.62. The van der Waals surface area contributed by atoms with Gasteiger partial charge in [0.15, 0.2) is 0 Å². The normalized spacial score (nSPS) is 16.5. The van der Waals surface area contributed by atoms with Gasteiger partial charge in [0.25, 0.3) is 0 Å². The molecule has 0 bridgehead atoms. The minimum atomic E-state index is 0.344. The van der Waals surface area contributed by atoms with E-state index in [-0.39, 0.29) is 0 Å². The molecule has 1 saturated heterocycles. The summed E-state index contributed by atoms with van der Waals surface area (Å²) in [4.78, 5) is 4.86. The number of aromatic hydroxyl groups is 1. The van der Waals surface area contributed by atoms with Crippen LogP contribution in [0.1, 0.15) is 12.0 Å². The summed E-state index contributed by atoms with van der Waals surface area (Å²) < 4.78 is 0. The third-order valence-corrected chi connectivity index (χ3v) is 4.62. The molecule has 25 heavy (non-hydrogen) atoms. The highest BCUT2D eigenvalue weighted by Gasteiger charge is 2.13. The van der Waals surface area contributed by atoms with Gasteiger partial charge >= 0.3 is 0 Å². The molecule has 0 amide bonds. The molecule has 0 aliphatic carbocycles. The van der Waals surface area contributed by atoms with E-state index >= 15 is 0 Å². The SMILES string of the molecule is CN1CCN(CCCc2cc(N=Nc3ccccc3)ccc2O)CC1. The molecule has 0 spiro atoms. The lowest BCUT2D eigenvalue weighted by Gasteiger charge is -2.32. The maximum atomic E-state index is 10.1. The molecule has 1 aliphatic rings. The van der Waals surface area contributed by atoms with Gasteiger partial charge in [-0.15, -0.1) is 0 Å². The first-order valence-electron chi connectivity index (χ1n) is 8.90. The molecule has 1 fully saturated rings. The smallest absolute Gasteiger partial charge is 0.118 e. The van der Waals surface area contributed by atoms with Crippen LogP contribution in [0.3, 0.4) is 0 Å². The third-order valence-electron chi connectivity index (χ3n) is 4.62. The Balaban J connectivity index is 1.55. The van der Waals surface area contributed by atoms with Gasteiger partial charge in [-0.25, -0.2) is 0 Å². The third kappa shape index (κ3) is 5.37. The second kappa shape index (κ2) is 8.74. The zero-order valence-electron chi connectivity index (χ0n) is 14.8. The molecule has 0 unspecified atom stereocenters. The summed E-state index contributed by atoms with van der Waals surface area (Å²) in [6, 6.07) is 15.1. The summed E-state index contributed by atoms with van der Waals surface area (Å²) in [5.41, 5.74) is 2.54. The summed E-state index contributed by atoms with van der Waals surface area (Å²) in [5, 5.41) is 18.6. The van der Waals surface area contributed by atoms with Crippen LogP contribution in [0.5, 0.6) is 5.75 Å². The van der Waals surface area contributed by atoms with E-state index in [2.05, 4.69) is 27.1 Å². The average Bonchev–Trinajstić information content (AvgIpc) is 2.64. The molecule has 3 rings (SSSR count). The van der Waals surface area contributed by atoms with Crippen molar-refractivity contribution in [3.05, 3.63) is 54.1 Å². The number of aryl methyl sites for hydroxylation is 1. The summed E-state index contributed by atoms with van der Waals surface area (Å²) in [7, 11) is 2.17. The van der Waals surface area contributed by atoms with Crippen LogP contribution in [0.25, 0.3) is 0 Å². The quantitative estimate of drug-likeness (QED) is 0.810. The Labute approximate surface area is 149 Å². The fourth-order valence-electron chi connectivity index (χ4n) is 3.01. The Morgan fingerprint density at radius 3 is 2.40 bits per heavy atom. The lowest BCUT2D eigenvalue weighted by Crippen LogP contribution is -2.44. The lowest BCUT2D eigenvalue weighted by atomic mass is 10.1. The number of likely N-dealkylation sites (N-methyl/N-ethyl adjacent to an activating group) is 1. The van der Waals surface area contributed by atoms with Crippen molar-refractivity contribution in [3.8, 4) is 5.75 Å². The van der Waals surface area contributed by atoms with Gasteiger partial charge in [0, 0.05) is 26.2 Å². The van der Waals surface area contributed by atoms with E-state index in [0.29, 0.717) is 5.75 Å². The van der Waals surface area contributed by atoms with Crippen LogP contribution < -0.4 is 0 Å². The van der Waals surface area contributed by atoms with Crippen LogP contribution in [-0.4, -0.2) is 54.7 Å². The predicted octanol–water partition coefficient (Wildman–Crippen LogP) is 3.99. The first-order chi connectivity index (χ1) is 12.2. The van der Waals surface area contributed by atoms with Crippen molar-refractivity contribution in [2.45, 2.75) is 12.8 Å². The Morgan fingerprint density at radius 2 is 1.64 bits per heavy atom. The predicted molar refractivity (Wildman–Crippen MR) is 101 cm³/mol. The molecular weight excluding hydrogens is 312 g/mol. The van der Waals surface area contributed by atoms with Gasteiger partial charge in [-0.2, -0.15) is 10.2 Å². The van der Waals surface area contributed by atoms with Crippen LogP contribution in [0.15, 0.2) is 58.8 Å². The zero-order chi connectivity index (χ0) is 17.5. The molecule has 132 valence electrons. The van der Waals surface area contributed by atoms with Gasteiger partial charge in [0.1, 0.15) is 5.75 Å². The first kappa shape index (κ1) is 17.6. The Morgan fingerprint density at radius 1 is 0.920 bits per heavy atom. The number of piperazine rings is 1. The van der Waals surface area contributed by atoms with Crippen molar-refractivity contribution in [2.24, 2.45) is 10.2 Å². The number of azo groups is 1. The molecule has 5 nitrogen and oxygen atoms in total. The van der Waals surface area contributed by atoms with Gasteiger partial charge in [-0.1, -0.05) is 18.2 Å². The Kier molecular flexibility index (Phi) is 6.14. The van der Waals surface area contributed by atoms with E-state index in [1.807, 2.05) is 36.4 Å². The van der Waals surface area contributed by atoms with E-state index in [4.69, 9.17) is 0 Å². The van der Waals surface area contributed by atoms with Crippen LogP contribution >= 0.6 is 0 Å². The van der Waals surface area contributed by atoms with Crippen LogP contribution in [0, 0.1) is 0 Å². The molecule has 0 saturated carbocycles. The highest BCUT2D eigenvalue weighted by Crippen LogP contribution is 2.26. The van der Waals surface area contributed by atoms with Crippen LogP contribution in [0.2, 0.25) is 0 Å². The molecule has 1 heterocycles. The second-order valence-corrected chi connectivity index (χ2v) is 6.60. The standard InChI is InChI=1S/C20H26N4O/c1-23-12-14-24(15-13-23)11-5-6-17-16-19(9-10-20(17)25)22-21-18-7-3-2-4-8-18/h2-4,7-10,16,25H,5-6,11-15H2,1H3. The molecule has 1 aliphatic heterocycles. The topological polar surface area (TPSA) is 51.4 Å². The molecule has 2 aromatic carbocycles. The van der Waals surface area contributed by atoms with E-state index in [1.165, 1.54) is 0 Å². The fourth-order valence-corrected chi connectivity index (χ4v) is 3.01. The molecule has 0 radical (unpaired) electrons. The molecular formula is C20H26N4O. The van der Waals surface area contributed by atoms with Crippen molar-refractivity contribution >= 4 is 11.4 Å². The fraction of sp³-hybridized carbons (Fsp3) is 0.400. The first-order valence-corrected chi connectivity index (χ1v) is 8.90. The van der Waals surface area contributed by atoms with Crippen LogP contribution in [-0.2, 0) is 6.42 Å². The Hall–Kier alpha value is -2.24. The number of hydrogen-bond acceptors (Lipinski definition) is 5. The molecule has 0 aromatic heterocycles. The lowest BCUT2D eigenvalue weighted by molar-refractivity contribution is 0.153. The Bertz CT molecular complexity index is 694. The molecule has 5 heteroatoms. The summed E-state index contributed by atoms with van der Waals surface area (Å²) in [6.07, 6.45) is 1.89. The van der Waals surface area contributed by atoms with Gasteiger partial charge in [-0.05, 0) is 62.3 Å². The maximum Gasteiger partial charge on any atom is 0.118 e.